The maximum atomic E-state index is 14.6. The number of anilines is 1. The summed E-state index contributed by atoms with van der Waals surface area (Å²) < 4.78 is 24.2. The van der Waals surface area contributed by atoms with Crippen molar-refractivity contribution in [2.75, 3.05) is 11.9 Å². The molecule has 0 aliphatic carbocycles. The van der Waals surface area contributed by atoms with Gasteiger partial charge >= 0.3 is 11.4 Å². The number of unbranched alkanes of at least 4 members (excludes halogenated alkanes) is 1. The Bertz CT molecular complexity index is 1680. The molecular weight excluding hydrogens is 527 g/mol. The smallest absolute Gasteiger partial charge is 0.332 e. The van der Waals surface area contributed by atoms with Gasteiger partial charge in [0.1, 0.15) is 6.54 Å². The summed E-state index contributed by atoms with van der Waals surface area (Å²) in [6.07, 6.45) is 1.67. The van der Waals surface area contributed by atoms with Crippen molar-refractivity contribution in [2.24, 2.45) is 21.1 Å². The average molecular weight is 551 g/mol. The van der Waals surface area contributed by atoms with Crippen LogP contribution in [0.15, 0.2) is 31.9 Å². The number of hydrogen-bond donors (Lipinski definition) is 1. The number of nitrogens with one attached hydrogen (secondary N) is 1. The van der Waals surface area contributed by atoms with E-state index in [-0.39, 0.29) is 27.1 Å². The molecule has 0 spiro atoms. The normalized spacial score (nSPS) is 11.3. The van der Waals surface area contributed by atoms with Crippen LogP contribution in [-0.2, 0) is 32.5 Å². The van der Waals surface area contributed by atoms with Crippen LogP contribution in [0, 0.1) is 5.82 Å². The number of nitrogens with zero attached hydrogens (tertiary/aromatic N) is 5. The molecule has 0 atom stereocenters. The number of aryl methyl sites for hydroxylation is 2. The maximum Gasteiger partial charge on any atom is 0.332 e. The first-order valence-corrected chi connectivity index (χ1v) is 12.5. The Labute approximate surface area is 218 Å². The molecule has 0 fully saturated rings. The molecule has 0 saturated heterocycles. The molecule has 0 saturated carbocycles. The minimum atomic E-state index is -0.693. The molecule has 1 N–H and O–H groups in total. The molecule has 0 unspecified atom stereocenters. The molecule has 0 aliphatic heterocycles. The third-order valence-corrected chi connectivity index (χ3v) is 6.85. The number of fused-ring (bicyclic) bond motifs is 1. The first-order chi connectivity index (χ1) is 17.5. The van der Waals surface area contributed by atoms with Crippen LogP contribution in [0.2, 0.25) is 5.02 Å². The van der Waals surface area contributed by atoms with Crippen LogP contribution in [0.3, 0.4) is 0 Å². The number of ether oxygens (including phenoxy) is 1. The highest BCUT2D eigenvalue weighted by atomic mass is 35.5. The summed E-state index contributed by atoms with van der Waals surface area (Å²) in [6, 6.07) is 2.78. The summed E-state index contributed by atoms with van der Waals surface area (Å²) >= 11 is 7.31. The van der Waals surface area contributed by atoms with Gasteiger partial charge in [0.15, 0.2) is 27.9 Å². The van der Waals surface area contributed by atoms with Gasteiger partial charge in [-0.1, -0.05) is 24.9 Å². The molecule has 3 heterocycles. The Balaban J connectivity index is 1.57. The van der Waals surface area contributed by atoms with Gasteiger partial charge in [-0.05, 0) is 18.6 Å². The lowest BCUT2D eigenvalue weighted by molar-refractivity contribution is -0.116. The van der Waals surface area contributed by atoms with Crippen LogP contribution in [0.5, 0.6) is 5.75 Å². The topological polar surface area (TPSA) is 122 Å². The fourth-order valence-electron chi connectivity index (χ4n) is 3.88. The molecule has 4 aromatic rings. The number of hydrogen-bond acceptors (Lipinski definition) is 7. The second kappa shape index (κ2) is 10.3. The highest BCUT2D eigenvalue weighted by Gasteiger charge is 2.22. The Morgan fingerprint density at radius 3 is 2.51 bits per heavy atom. The summed E-state index contributed by atoms with van der Waals surface area (Å²) in [4.78, 5) is 54.8. The Morgan fingerprint density at radius 1 is 1.14 bits per heavy atom. The Kier molecular flexibility index (Phi) is 7.37. The van der Waals surface area contributed by atoms with Crippen molar-refractivity contribution >= 4 is 45.1 Å². The van der Waals surface area contributed by atoms with E-state index in [4.69, 9.17) is 16.3 Å². The summed E-state index contributed by atoms with van der Waals surface area (Å²) in [5.41, 5.74) is -1.11. The molecule has 1 aromatic carbocycles. The third-order valence-electron chi connectivity index (χ3n) is 5.81. The van der Waals surface area contributed by atoms with E-state index >= 15 is 0 Å². The lowest BCUT2D eigenvalue weighted by atomic mass is 10.1. The maximum absolute atomic E-state index is 14.6. The molecule has 0 aliphatic rings. The SMILES string of the molecule is CCCCOc1c(F)cc(-c2csc(NC(=O)Cn3c(=O)n(C)c4c3c(=O)n(C)c(=O)n4C)n2)cc1Cl. The minimum Gasteiger partial charge on any atom is -0.489 e. The number of carbonyl (C=O) groups excluding carboxylic acids is 1. The van der Waals surface area contributed by atoms with Gasteiger partial charge in [-0.25, -0.2) is 19.0 Å². The van der Waals surface area contributed by atoms with E-state index in [1.54, 1.807) is 5.38 Å². The van der Waals surface area contributed by atoms with E-state index in [9.17, 15) is 23.6 Å². The van der Waals surface area contributed by atoms with Crippen molar-refractivity contribution in [3.05, 3.63) is 59.7 Å². The van der Waals surface area contributed by atoms with Crippen LogP contribution in [0.1, 0.15) is 19.8 Å². The number of rotatable bonds is 8. The summed E-state index contributed by atoms with van der Waals surface area (Å²) in [6.45, 7) is 1.86. The van der Waals surface area contributed by atoms with E-state index in [0.29, 0.717) is 17.9 Å². The Morgan fingerprint density at radius 2 is 1.84 bits per heavy atom. The van der Waals surface area contributed by atoms with Gasteiger partial charge in [-0.15, -0.1) is 11.3 Å². The number of halogens is 2. The number of benzene rings is 1. The molecular formula is C23H24ClFN6O5S. The highest BCUT2D eigenvalue weighted by molar-refractivity contribution is 7.14. The van der Waals surface area contributed by atoms with Gasteiger partial charge in [0, 0.05) is 32.1 Å². The van der Waals surface area contributed by atoms with Crippen molar-refractivity contribution in [3.63, 3.8) is 0 Å². The number of carbonyl (C=O) groups is 1. The first-order valence-electron chi connectivity index (χ1n) is 11.3. The number of imidazole rings is 1. The molecule has 37 heavy (non-hydrogen) atoms. The zero-order valence-electron chi connectivity index (χ0n) is 20.5. The van der Waals surface area contributed by atoms with E-state index in [2.05, 4.69) is 10.3 Å². The first kappa shape index (κ1) is 26.4. The average Bonchev–Trinajstić information content (AvgIpc) is 3.41. The van der Waals surface area contributed by atoms with E-state index in [0.717, 1.165) is 37.9 Å². The standard InChI is InChI=1S/C23H24ClFN6O5S/c1-5-6-7-36-18-13(24)8-12(9-14(18)25)15-11-37-21(26-15)27-16(32)10-31-17-19(29(3)23(31)35)28(2)22(34)30(4)20(17)33/h8-9,11H,5-7,10H2,1-4H3,(H,26,27,32). The van der Waals surface area contributed by atoms with Crippen molar-refractivity contribution in [3.8, 4) is 17.0 Å². The third kappa shape index (κ3) is 4.83. The quantitative estimate of drug-likeness (QED) is 0.336. The van der Waals surface area contributed by atoms with Gasteiger partial charge in [-0.3, -0.25) is 27.9 Å². The molecule has 1 amide bonds. The number of amides is 1. The van der Waals surface area contributed by atoms with E-state index in [1.165, 1.54) is 37.8 Å². The summed E-state index contributed by atoms with van der Waals surface area (Å²) in [5, 5.41) is 4.52. The van der Waals surface area contributed by atoms with Gasteiger partial charge in [0.2, 0.25) is 5.91 Å². The van der Waals surface area contributed by atoms with Crippen molar-refractivity contribution in [1.29, 1.82) is 0 Å². The zero-order chi connectivity index (χ0) is 27.0. The molecule has 0 radical (unpaired) electrons. The van der Waals surface area contributed by atoms with Gasteiger partial charge in [-0.2, -0.15) is 0 Å². The predicted octanol–water partition coefficient (Wildman–Crippen LogP) is 2.47. The summed E-state index contributed by atoms with van der Waals surface area (Å²) in [5.74, 6) is -1.26. The molecule has 196 valence electrons. The lowest BCUT2D eigenvalue weighted by Crippen LogP contribution is -2.38. The largest absolute Gasteiger partial charge is 0.489 e. The van der Waals surface area contributed by atoms with Crippen LogP contribution in [0.25, 0.3) is 22.4 Å². The molecule has 14 heteroatoms. The van der Waals surface area contributed by atoms with Gasteiger partial charge < -0.3 is 10.1 Å². The zero-order valence-corrected chi connectivity index (χ0v) is 22.1. The van der Waals surface area contributed by atoms with Crippen LogP contribution in [0.4, 0.5) is 9.52 Å². The van der Waals surface area contributed by atoms with E-state index in [1.807, 2.05) is 6.92 Å². The van der Waals surface area contributed by atoms with Crippen LogP contribution < -0.4 is 27.0 Å². The van der Waals surface area contributed by atoms with Gasteiger partial charge in [0.25, 0.3) is 5.56 Å². The highest BCUT2D eigenvalue weighted by Crippen LogP contribution is 2.34. The number of thiazole rings is 1. The number of aromatic nitrogens is 5. The molecule has 11 nitrogen and oxygen atoms in total. The van der Waals surface area contributed by atoms with E-state index < -0.39 is 35.2 Å². The monoisotopic (exact) mass is 550 g/mol. The van der Waals surface area contributed by atoms with Crippen molar-refractivity contribution in [1.82, 2.24) is 23.3 Å². The predicted molar refractivity (Wildman–Crippen MR) is 139 cm³/mol. The molecule has 3 aromatic heterocycles. The second-order valence-corrected chi connectivity index (χ2v) is 9.63. The second-order valence-electron chi connectivity index (χ2n) is 8.36. The Hall–Kier alpha value is -3.71. The molecule has 0 bridgehead atoms. The summed E-state index contributed by atoms with van der Waals surface area (Å²) in [7, 11) is 4.14. The van der Waals surface area contributed by atoms with Crippen LogP contribution in [-0.4, -0.2) is 35.8 Å². The van der Waals surface area contributed by atoms with Crippen molar-refractivity contribution < 1.29 is 13.9 Å². The lowest BCUT2D eigenvalue weighted by Gasteiger charge is -2.10. The molecule has 4 rings (SSSR count). The minimum absolute atomic E-state index is 0.0215. The fourth-order valence-corrected chi connectivity index (χ4v) is 4.88. The van der Waals surface area contributed by atoms with Crippen LogP contribution >= 0.6 is 22.9 Å². The fraction of sp³-hybridized carbons (Fsp3) is 0.348. The van der Waals surface area contributed by atoms with Crippen molar-refractivity contribution in [2.45, 2.75) is 26.3 Å². The van der Waals surface area contributed by atoms with Gasteiger partial charge in [0.05, 0.1) is 17.3 Å².